The molecule has 0 spiro atoms. The van der Waals surface area contributed by atoms with Crippen molar-refractivity contribution < 1.29 is 58.2 Å². The van der Waals surface area contributed by atoms with Crippen LogP contribution in [0.3, 0.4) is 0 Å². The Bertz CT molecular complexity index is 1340. The number of rotatable bonds is 58. The van der Waals surface area contributed by atoms with E-state index in [0.717, 1.165) is 57.8 Å². The maximum absolute atomic E-state index is 13.2. The van der Waals surface area contributed by atoms with E-state index in [1.54, 1.807) is 0 Å². The minimum absolute atomic E-state index is 0.0714. The molecule has 77 heavy (non-hydrogen) atoms. The van der Waals surface area contributed by atoms with E-state index in [1.165, 1.54) is 225 Å². The number of carboxylic acid groups (broad SMARTS) is 1. The Labute approximate surface area is 472 Å². The lowest BCUT2D eigenvalue weighted by molar-refractivity contribution is -0.301. The predicted octanol–water partition coefficient (Wildman–Crippen LogP) is 17.5. The Kier molecular flexibility index (Phi) is 51.3. The van der Waals surface area contributed by atoms with E-state index in [1.807, 2.05) is 0 Å². The number of aliphatic carboxylic acids is 1. The lowest BCUT2D eigenvalue weighted by Gasteiger charge is -2.40. The summed E-state index contributed by atoms with van der Waals surface area (Å²) in [6, 6.07) is 0. The van der Waals surface area contributed by atoms with Gasteiger partial charge in [-0.05, 0) is 19.3 Å². The molecule has 6 unspecified atom stereocenters. The summed E-state index contributed by atoms with van der Waals surface area (Å²) >= 11 is 0. The van der Waals surface area contributed by atoms with Crippen molar-refractivity contribution in [3.05, 3.63) is 0 Å². The van der Waals surface area contributed by atoms with Crippen molar-refractivity contribution in [2.45, 2.75) is 379 Å². The standard InChI is InChI=1S/C65H122O12/c1-4-7-10-13-16-19-22-25-27-28-29-30-32-35-38-41-44-47-50-53-59(68)76-63-61(70)60(69)62(64(71)72)77-65(63)74-55-56(75-58(67)52-49-46-43-40-37-33-24-21-18-15-12-9-6-3)54-73-57(66)51-48-45-42-39-36-34-31-26-23-20-17-14-11-8-5-2/h56,60-63,65,69-70H,4-55H2,1-3H3,(H,71,72). The fourth-order valence-corrected chi connectivity index (χ4v) is 10.6. The highest BCUT2D eigenvalue weighted by molar-refractivity contribution is 5.74. The number of carbonyl (C=O) groups excluding carboxylic acids is 3. The van der Waals surface area contributed by atoms with Crippen molar-refractivity contribution >= 4 is 23.9 Å². The highest BCUT2D eigenvalue weighted by Gasteiger charge is 2.50. The van der Waals surface area contributed by atoms with Gasteiger partial charge in [0.15, 0.2) is 24.6 Å². The van der Waals surface area contributed by atoms with E-state index in [-0.39, 0.29) is 25.9 Å². The molecule has 1 aliphatic heterocycles. The van der Waals surface area contributed by atoms with E-state index in [9.17, 15) is 34.5 Å². The number of aliphatic hydroxyl groups excluding tert-OH is 2. The first-order valence-electron chi connectivity index (χ1n) is 33.0. The summed E-state index contributed by atoms with van der Waals surface area (Å²) < 4.78 is 28.6. The minimum Gasteiger partial charge on any atom is -0.479 e. The molecule has 0 bridgehead atoms. The number of hydrogen-bond acceptors (Lipinski definition) is 11. The van der Waals surface area contributed by atoms with Crippen LogP contribution in [0, 0.1) is 0 Å². The van der Waals surface area contributed by atoms with Gasteiger partial charge < -0.3 is 39.0 Å². The minimum atomic E-state index is -1.89. The smallest absolute Gasteiger partial charge is 0.335 e. The highest BCUT2D eigenvalue weighted by atomic mass is 16.7. The average molecular weight is 1100 g/mol. The summed E-state index contributed by atoms with van der Waals surface area (Å²) in [6.45, 7) is 6.07. The Morgan fingerprint density at radius 3 is 0.974 bits per heavy atom. The van der Waals surface area contributed by atoms with Crippen molar-refractivity contribution in [2.24, 2.45) is 0 Å². The van der Waals surface area contributed by atoms with Crippen molar-refractivity contribution in [1.82, 2.24) is 0 Å². The molecule has 0 aliphatic carbocycles. The number of aliphatic hydroxyl groups is 2. The second-order valence-electron chi connectivity index (χ2n) is 23.1. The summed E-state index contributed by atoms with van der Waals surface area (Å²) in [6.07, 6.45) is 47.8. The zero-order valence-electron chi connectivity index (χ0n) is 50.2. The number of ether oxygens (including phenoxy) is 5. The molecule has 0 aromatic carbocycles. The zero-order chi connectivity index (χ0) is 56.1. The van der Waals surface area contributed by atoms with Crippen molar-refractivity contribution in [1.29, 1.82) is 0 Å². The quantitative estimate of drug-likeness (QED) is 0.0299. The van der Waals surface area contributed by atoms with Gasteiger partial charge in [-0.2, -0.15) is 0 Å². The zero-order valence-corrected chi connectivity index (χ0v) is 50.2. The van der Waals surface area contributed by atoms with E-state index in [4.69, 9.17) is 23.7 Å². The molecule has 3 N–H and O–H groups in total. The van der Waals surface area contributed by atoms with Crippen LogP contribution in [0.25, 0.3) is 0 Å². The van der Waals surface area contributed by atoms with E-state index in [0.29, 0.717) is 19.3 Å². The molecule has 1 heterocycles. The van der Waals surface area contributed by atoms with Gasteiger partial charge >= 0.3 is 23.9 Å². The van der Waals surface area contributed by atoms with Crippen molar-refractivity contribution in [3.8, 4) is 0 Å². The van der Waals surface area contributed by atoms with Gasteiger partial charge in [-0.25, -0.2) is 4.79 Å². The molecule has 0 aromatic rings. The molecule has 0 radical (unpaired) electrons. The van der Waals surface area contributed by atoms with Gasteiger partial charge in [0.25, 0.3) is 0 Å². The molecular weight excluding hydrogens is 973 g/mol. The first-order chi connectivity index (χ1) is 37.6. The van der Waals surface area contributed by atoms with Crippen LogP contribution in [0.1, 0.15) is 342 Å². The molecule has 454 valence electrons. The molecule has 12 heteroatoms. The third kappa shape index (κ3) is 44.1. The maximum Gasteiger partial charge on any atom is 0.335 e. The SMILES string of the molecule is CCCCCCCCCCCCCCCCCCCCCC(=O)OC1C(OCC(COC(=O)CCCCCCCCCCCCCCCCC)OC(=O)CCCCCCCCCCCCCCC)OC(C(=O)O)C(O)C1O. The third-order valence-corrected chi connectivity index (χ3v) is 15.7. The third-order valence-electron chi connectivity index (χ3n) is 15.7. The van der Waals surface area contributed by atoms with E-state index >= 15 is 0 Å². The van der Waals surface area contributed by atoms with Crippen LogP contribution >= 0.6 is 0 Å². The van der Waals surface area contributed by atoms with Crippen LogP contribution in [-0.4, -0.2) is 89.2 Å². The van der Waals surface area contributed by atoms with Gasteiger partial charge in [-0.3, -0.25) is 14.4 Å². The highest BCUT2D eigenvalue weighted by Crippen LogP contribution is 2.27. The summed E-state index contributed by atoms with van der Waals surface area (Å²) in [5, 5.41) is 31.6. The van der Waals surface area contributed by atoms with Gasteiger partial charge in [0.2, 0.25) is 0 Å². The molecule has 0 saturated carbocycles. The van der Waals surface area contributed by atoms with Gasteiger partial charge in [0, 0.05) is 19.3 Å². The van der Waals surface area contributed by atoms with Gasteiger partial charge in [0.05, 0.1) is 6.61 Å². The Balaban J connectivity index is 2.60. The summed E-state index contributed by atoms with van der Waals surface area (Å²) in [5.74, 6) is -3.06. The Morgan fingerprint density at radius 1 is 0.377 bits per heavy atom. The Hall–Kier alpha value is -2.28. The van der Waals surface area contributed by atoms with Gasteiger partial charge in [-0.1, -0.05) is 303 Å². The van der Waals surface area contributed by atoms with E-state index < -0.39 is 67.3 Å². The van der Waals surface area contributed by atoms with Crippen LogP contribution in [0.5, 0.6) is 0 Å². The number of carboxylic acids is 1. The van der Waals surface area contributed by atoms with Crippen molar-refractivity contribution in [3.63, 3.8) is 0 Å². The van der Waals surface area contributed by atoms with Crippen LogP contribution in [0.4, 0.5) is 0 Å². The lowest BCUT2D eigenvalue weighted by Crippen LogP contribution is -2.61. The number of carbonyl (C=O) groups is 4. The monoisotopic (exact) mass is 1090 g/mol. The molecule has 1 fully saturated rings. The van der Waals surface area contributed by atoms with Gasteiger partial charge in [-0.15, -0.1) is 0 Å². The second kappa shape index (κ2) is 54.3. The van der Waals surface area contributed by atoms with Crippen molar-refractivity contribution in [2.75, 3.05) is 13.2 Å². The summed E-state index contributed by atoms with van der Waals surface area (Å²) in [7, 11) is 0. The topological polar surface area (TPSA) is 175 Å². The van der Waals surface area contributed by atoms with Gasteiger partial charge in [0.1, 0.15) is 18.8 Å². The molecular formula is C65H122O12. The lowest BCUT2D eigenvalue weighted by atomic mass is 9.98. The van der Waals surface area contributed by atoms with Crippen LogP contribution < -0.4 is 0 Å². The second-order valence-corrected chi connectivity index (χ2v) is 23.1. The molecule has 1 saturated heterocycles. The maximum atomic E-state index is 13.2. The molecule has 0 aromatic heterocycles. The first-order valence-corrected chi connectivity index (χ1v) is 33.0. The fourth-order valence-electron chi connectivity index (χ4n) is 10.6. The summed E-state index contributed by atoms with van der Waals surface area (Å²) in [4.78, 5) is 51.3. The van der Waals surface area contributed by atoms with Crippen LogP contribution in [0.15, 0.2) is 0 Å². The largest absolute Gasteiger partial charge is 0.479 e. The molecule has 6 atom stereocenters. The molecule has 0 amide bonds. The summed E-state index contributed by atoms with van der Waals surface area (Å²) in [5.41, 5.74) is 0. The number of hydrogen-bond donors (Lipinski definition) is 3. The van der Waals surface area contributed by atoms with E-state index in [2.05, 4.69) is 20.8 Å². The number of esters is 3. The van der Waals surface area contributed by atoms with Crippen LogP contribution in [-0.2, 0) is 42.9 Å². The first kappa shape index (κ1) is 72.7. The Morgan fingerprint density at radius 2 is 0.662 bits per heavy atom. The number of unbranched alkanes of at least 4 members (excludes halogenated alkanes) is 44. The predicted molar refractivity (Wildman–Crippen MR) is 313 cm³/mol. The van der Waals surface area contributed by atoms with Crippen LogP contribution in [0.2, 0.25) is 0 Å². The molecule has 1 rings (SSSR count). The average Bonchev–Trinajstić information content (AvgIpc) is 3.42. The fraction of sp³-hybridized carbons (Fsp3) is 0.938. The normalized spacial score (nSPS) is 17.9. The molecule has 1 aliphatic rings. The molecule has 12 nitrogen and oxygen atoms in total.